The Labute approximate surface area is 164 Å². The Morgan fingerprint density at radius 3 is 2.90 bits per heavy atom. The van der Waals surface area contributed by atoms with Crippen molar-refractivity contribution >= 4 is 11.5 Å². The summed E-state index contributed by atoms with van der Waals surface area (Å²) in [6.45, 7) is 1.66. The lowest BCUT2D eigenvalue weighted by Crippen LogP contribution is -2.38. The van der Waals surface area contributed by atoms with Gasteiger partial charge in [-0.3, -0.25) is 9.50 Å². The van der Waals surface area contributed by atoms with Gasteiger partial charge in [0.25, 0.3) is 0 Å². The summed E-state index contributed by atoms with van der Waals surface area (Å²) < 4.78 is 30.6. The number of aromatic amines is 1. The Kier molecular flexibility index (Phi) is 4.39. The van der Waals surface area contributed by atoms with Gasteiger partial charge in [-0.2, -0.15) is 5.10 Å². The molecule has 1 atom stereocenters. The van der Waals surface area contributed by atoms with Crippen molar-refractivity contribution in [3.63, 3.8) is 0 Å². The average molecular weight is 396 g/mol. The third-order valence-corrected chi connectivity index (χ3v) is 5.01. The number of piperidine rings is 1. The zero-order chi connectivity index (χ0) is 19.8. The van der Waals surface area contributed by atoms with Crippen LogP contribution in [0.1, 0.15) is 12.8 Å². The molecule has 3 N–H and O–H groups in total. The van der Waals surface area contributed by atoms with Crippen LogP contribution in [0.15, 0.2) is 36.9 Å². The SMILES string of the molecule is Fc1cc(F)c(-c2cnc3cc(-c4ncn[nH]4)ccn23)nc1N[C@@H]1CCCNC1. The fourth-order valence-electron chi connectivity index (χ4n) is 3.56. The zero-order valence-corrected chi connectivity index (χ0v) is 15.4. The maximum atomic E-state index is 14.6. The lowest BCUT2D eigenvalue weighted by Gasteiger charge is -2.24. The molecule has 0 spiro atoms. The first kappa shape index (κ1) is 17.7. The molecule has 0 saturated carbocycles. The minimum atomic E-state index is -0.740. The molecule has 0 amide bonds. The van der Waals surface area contributed by atoms with Crippen molar-refractivity contribution in [1.82, 2.24) is 34.9 Å². The number of hydrogen-bond donors (Lipinski definition) is 3. The number of nitrogens with one attached hydrogen (secondary N) is 3. The van der Waals surface area contributed by atoms with Crippen LogP contribution in [-0.2, 0) is 0 Å². The quantitative estimate of drug-likeness (QED) is 0.491. The van der Waals surface area contributed by atoms with E-state index in [9.17, 15) is 8.78 Å². The molecule has 4 aromatic heterocycles. The van der Waals surface area contributed by atoms with Gasteiger partial charge in [0, 0.05) is 30.4 Å². The smallest absolute Gasteiger partial charge is 0.168 e. The molecule has 1 aliphatic heterocycles. The van der Waals surface area contributed by atoms with Crippen LogP contribution in [0.25, 0.3) is 28.4 Å². The van der Waals surface area contributed by atoms with E-state index in [4.69, 9.17) is 0 Å². The minimum Gasteiger partial charge on any atom is -0.364 e. The number of aromatic nitrogens is 6. The molecule has 29 heavy (non-hydrogen) atoms. The number of halogens is 2. The molecular formula is C19H18F2N8. The topological polar surface area (TPSA) is 95.8 Å². The Morgan fingerprint density at radius 2 is 2.10 bits per heavy atom. The lowest BCUT2D eigenvalue weighted by molar-refractivity contribution is 0.475. The number of H-pyrrole nitrogens is 1. The van der Waals surface area contributed by atoms with Gasteiger partial charge in [-0.05, 0) is 31.5 Å². The van der Waals surface area contributed by atoms with Gasteiger partial charge in [-0.25, -0.2) is 23.7 Å². The van der Waals surface area contributed by atoms with Crippen LogP contribution in [0.2, 0.25) is 0 Å². The molecule has 0 unspecified atom stereocenters. The van der Waals surface area contributed by atoms with Gasteiger partial charge in [0.15, 0.2) is 23.3 Å². The number of pyridine rings is 2. The molecule has 10 heteroatoms. The Morgan fingerprint density at radius 1 is 1.17 bits per heavy atom. The Hall–Kier alpha value is -3.40. The van der Waals surface area contributed by atoms with Crippen LogP contribution < -0.4 is 10.6 Å². The molecule has 1 saturated heterocycles. The number of rotatable bonds is 4. The zero-order valence-electron chi connectivity index (χ0n) is 15.4. The first-order valence-corrected chi connectivity index (χ1v) is 9.35. The van der Waals surface area contributed by atoms with Crippen LogP contribution in [0.5, 0.6) is 0 Å². The molecule has 1 fully saturated rings. The van der Waals surface area contributed by atoms with E-state index >= 15 is 0 Å². The molecule has 8 nitrogen and oxygen atoms in total. The first-order chi connectivity index (χ1) is 14.2. The van der Waals surface area contributed by atoms with Gasteiger partial charge >= 0.3 is 0 Å². The van der Waals surface area contributed by atoms with E-state index in [-0.39, 0.29) is 17.6 Å². The number of fused-ring (bicyclic) bond motifs is 1. The van der Waals surface area contributed by atoms with Gasteiger partial charge in [0.1, 0.15) is 17.7 Å². The van der Waals surface area contributed by atoms with Gasteiger partial charge in [-0.15, -0.1) is 0 Å². The normalized spacial score (nSPS) is 17.0. The highest BCUT2D eigenvalue weighted by molar-refractivity contribution is 5.67. The third-order valence-electron chi connectivity index (χ3n) is 5.01. The van der Waals surface area contributed by atoms with E-state index in [2.05, 4.69) is 35.8 Å². The summed E-state index contributed by atoms with van der Waals surface area (Å²) in [6, 6.07) is 4.53. The molecule has 0 aromatic carbocycles. The molecule has 0 bridgehead atoms. The fraction of sp³-hybridized carbons (Fsp3) is 0.263. The molecule has 4 aromatic rings. The summed E-state index contributed by atoms with van der Waals surface area (Å²) in [7, 11) is 0. The van der Waals surface area contributed by atoms with Gasteiger partial charge in [0.05, 0.1) is 11.9 Å². The predicted molar refractivity (Wildman–Crippen MR) is 103 cm³/mol. The molecule has 0 aliphatic carbocycles. The molecule has 0 radical (unpaired) electrons. The summed E-state index contributed by atoms with van der Waals surface area (Å²) in [5.74, 6) is -0.798. The number of hydrogen-bond acceptors (Lipinski definition) is 6. The second kappa shape index (κ2) is 7.21. The van der Waals surface area contributed by atoms with Crippen molar-refractivity contribution in [2.45, 2.75) is 18.9 Å². The highest BCUT2D eigenvalue weighted by Crippen LogP contribution is 2.27. The van der Waals surface area contributed by atoms with Crippen molar-refractivity contribution in [1.29, 1.82) is 0 Å². The van der Waals surface area contributed by atoms with Crippen LogP contribution >= 0.6 is 0 Å². The van der Waals surface area contributed by atoms with Crippen LogP contribution in [0.4, 0.5) is 14.6 Å². The molecular weight excluding hydrogens is 378 g/mol. The van der Waals surface area contributed by atoms with Gasteiger partial charge in [-0.1, -0.05) is 0 Å². The molecule has 1 aliphatic rings. The first-order valence-electron chi connectivity index (χ1n) is 9.35. The number of anilines is 1. The van der Waals surface area contributed by atoms with E-state index in [1.165, 1.54) is 12.5 Å². The Balaban J connectivity index is 1.52. The van der Waals surface area contributed by atoms with Crippen molar-refractivity contribution in [2.24, 2.45) is 0 Å². The molecule has 148 valence electrons. The van der Waals surface area contributed by atoms with Crippen LogP contribution in [0.3, 0.4) is 0 Å². The monoisotopic (exact) mass is 396 g/mol. The van der Waals surface area contributed by atoms with E-state index in [1.54, 1.807) is 16.7 Å². The van der Waals surface area contributed by atoms with Crippen molar-refractivity contribution in [3.8, 4) is 22.8 Å². The molecule has 5 rings (SSSR count). The summed E-state index contributed by atoms with van der Waals surface area (Å²) in [4.78, 5) is 12.7. The lowest BCUT2D eigenvalue weighted by atomic mass is 10.1. The number of imidazole rings is 1. The van der Waals surface area contributed by atoms with Crippen LogP contribution in [-0.4, -0.2) is 48.7 Å². The van der Waals surface area contributed by atoms with Crippen molar-refractivity contribution in [3.05, 3.63) is 48.6 Å². The minimum absolute atomic E-state index is 0.0394. The summed E-state index contributed by atoms with van der Waals surface area (Å²) in [6.07, 6.45) is 6.59. The van der Waals surface area contributed by atoms with E-state index < -0.39 is 11.6 Å². The van der Waals surface area contributed by atoms with Crippen molar-refractivity contribution < 1.29 is 8.78 Å². The molecule has 5 heterocycles. The number of nitrogens with zero attached hydrogens (tertiary/aromatic N) is 5. The maximum absolute atomic E-state index is 14.6. The van der Waals surface area contributed by atoms with Gasteiger partial charge < -0.3 is 10.6 Å². The third kappa shape index (κ3) is 3.31. The largest absolute Gasteiger partial charge is 0.364 e. The maximum Gasteiger partial charge on any atom is 0.168 e. The highest BCUT2D eigenvalue weighted by Gasteiger charge is 2.20. The fourth-order valence-corrected chi connectivity index (χ4v) is 3.56. The summed E-state index contributed by atoms with van der Waals surface area (Å²) >= 11 is 0. The highest BCUT2D eigenvalue weighted by atomic mass is 19.1. The summed E-state index contributed by atoms with van der Waals surface area (Å²) in [5.41, 5.74) is 1.86. The van der Waals surface area contributed by atoms with Gasteiger partial charge in [0.2, 0.25) is 0 Å². The standard InChI is InChI=1S/C19H18F2N8/c20-13-7-14(21)19(26-12-2-1-4-22-8-12)27-17(13)15-9-23-16-6-11(3-5-29(15)16)18-24-10-25-28-18/h3,5-7,9-10,12,22H,1-2,4,8H2,(H,26,27)(H,24,25,28)/t12-/m1/s1. The van der Waals surface area contributed by atoms with E-state index in [0.717, 1.165) is 31.0 Å². The predicted octanol–water partition coefficient (Wildman–Crippen LogP) is 2.62. The van der Waals surface area contributed by atoms with E-state index in [1.807, 2.05) is 6.07 Å². The van der Waals surface area contributed by atoms with Crippen LogP contribution in [0, 0.1) is 11.6 Å². The van der Waals surface area contributed by atoms with E-state index in [0.29, 0.717) is 23.7 Å². The second-order valence-corrected chi connectivity index (χ2v) is 6.96. The second-order valence-electron chi connectivity index (χ2n) is 6.96. The average Bonchev–Trinajstić information content (AvgIpc) is 3.40. The van der Waals surface area contributed by atoms with Crippen molar-refractivity contribution in [2.75, 3.05) is 18.4 Å². The Bertz CT molecular complexity index is 1150. The summed E-state index contributed by atoms with van der Waals surface area (Å²) in [5, 5.41) is 13.0.